The highest BCUT2D eigenvalue weighted by Crippen LogP contribution is 2.50. The van der Waals surface area contributed by atoms with Crippen LogP contribution in [0.5, 0.6) is 0 Å². The summed E-state index contributed by atoms with van der Waals surface area (Å²) in [4.78, 5) is 3.20. The van der Waals surface area contributed by atoms with Gasteiger partial charge in [0.1, 0.15) is 10.9 Å². The van der Waals surface area contributed by atoms with Crippen LogP contribution in [-0.4, -0.2) is 31.1 Å². The van der Waals surface area contributed by atoms with E-state index < -0.39 is 0 Å². The third-order valence-corrected chi connectivity index (χ3v) is 5.32. The summed E-state index contributed by atoms with van der Waals surface area (Å²) in [5.41, 5.74) is 8.04. The van der Waals surface area contributed by atoms with Gasteiger partial charge in [-0.25, -0.2) is 0 Å². The monoisotopic (exact) mass is 290 g/mol. The smallest absolute Gasteiger partial charge is 0.130 e. The predicted octanol–water partition coefficient (Wildman–Crippen LogP) is 2.98. The molecule has 1 aromatic rings. The van der Waals surface area contributed by atoms with Gasteiger partial charge in [0.05, 0.1) is 10.7 Å². The van der Waals surface area contributed by atoms with Gasteiger partial charge < -0.3 is 16.0 Å². The minimum atomic E-state index is 0.589. The van der Waals surface area contributed by atoms with E-state index in [1.165, 1.54) is 62.1 Å². The van der Waals surface area contributed by atoms with Gasteiger partial charge in [0.25, 0.3) is 0 Å². The molecule has 3 N–H and O–H groups in total. The van der Waals surface area contributed by atoms with Crippen LogP contribution in [0.3, 0.4) is 0 Å². The van der Waals surface area contributed by atoms with E-state index in [1.807, 2.05) is 0 Å². The van der Waals surface area contributed by atoms with Crippen molar-refractivity contribution in [2.75, 3.05) is 37.2 Å². The van der Waals surface area contributed by atoms with E-state index in [1.54, 1.807) is 0 Å². The van der Waals surface area contributed by atoms with E-state index in [2.05, 4.69) is 16.3 Å². The largest absolute Gasteiger partial charge is 0.397 e. The maximum absolute atomic E-state index is 9.13. The SMILES string of the molecule is N#Cc1sc(NCCN2CCCCC2)c(C2CC2)c1N. The van der Waals surface area contributed by atoms with Gasteiger partial charge in [0, 0.05) is 18.7 Å². The first kappa shape index (κ1) is 13.7. The van der Waals surface area contributed by atoms with Crippen LogP contribution in [0.25, 0.3) is 0 Å². The third-order valence-electron chi connectivity index (χ3n) is 4.23. The number of rotatable bonds is 5. The fourth-order valence-electron chi connectivity index (χ4n) is 2.96. The van der Waals surface area contributed by atoms with Crippen molar-refractivity contribution in [1.82, 2.24) is 4.90 Å². The first-order valence-electron chi connectivity index (χ1n) is 7.58. The zero-order valence-electron chi connectivity index (χ0n) is 11.8. The zero-order chi connectivity index (χ0) is 13.9. The molecule has 0 amide bonds. The lowest BCUT2D eigenvalue weighted by atomic mass is 10.1. The van der Waals surface area contributed by atoms with Crippen LogP contribution in [-0.2, 0) is 0 Å². The number of nitrogens with two attached hydrogens (primary N) is 1. The first-order valence-corrected chi connectivity index (χ1v) is 8.39. The van der Waals surface area contributed by atoms with E-state index in [4.69, 9.17) is 11.0 Å². The number of hydrogen-bond acceptors (Lipinski definition) is 5. The highest BCUT2D eigenvalue weighted by atomic mass is 32.1. The van der Waals surface area contributed by atoms with E-state index in [0.29, 0.717) is 10.8 Å². The topological polar surface area (TPSA) is 65.1 Å². The highest BCUT2D eigenvalue weighted by Gasteiger charge is 2.31. The summed E-state index contributed by atoms with van der Waals surface area (Å²) in [6, 6.07) is 2.22. The van der Waals surface area contributed by atoms with Crippen molar-refractivity contribution in [1.29, 1.82) is 5.26 Å². The number of nitrogens with zero attached hydrogens (tertiary/aromatic N) is 2. The Balaban J connectivity index is 1.60. The Hall–Kier alpha value is -1.25. The van der Waals surface area contributed by atoms with Crippen LogP contribution in [0, 0.1) is 11.3 Å². The second-order valence-electron chi connectivity index (χ2n) is 5.80. The molecule has 1 saturated heterocycles. The van der Waals surface area contributed by atoms with E-state index >= 15 is 0 Å². The molecule has 4 nitrogen and oxygen atoms in total. The molecule has 1 aliphatic heterocycles. The molecule has 1 aliphatic carbocycles. The Morgan fingerprint density at radius 1 is 1.30 bits per heavy atom. The predicted molar refractivity (Wildman–Crippen MR) is 84.2 cm³/mol. The second-order valence-corrected chi connectivity index (χ2v) is 6.82. The van der Waals surface area contributed by atoms with Crippen molar-refractivity contribution in [3.8, 4) is 6.07 Å². The van der Waals surface area contributed by atoms with Crippen molar-refractivity contribution in [2.24, 2.45) is 0 Å². The van der Waals surface area contributed by atoms with Crippen LogP contribution in [0.15, 0.2) is 0 Å². The molecule has 0 radical (unpaired) electrons. The van der Waals surface area contributed by atoms with Crippen LogP contribution in [0.2, 0.25) is 0 Å². The van der Waals surface area contributed by atoms with Gasteiger partial charge in [-0.15, -0.1) is 11.3 Å². The molecular formula is C15H22N4S. The number of piperidine rings is 1. The van der Waals surface area contributed by atoms with Crippen molar-refractivity contribution >= 4 is 22.0 Å². The maximum atomic E-state index is 9.13. The molecular weight excluding hydrogens is 268 g/mol. The number of anilines is 2. The molecule has 108 valence electrons. The molecule has 5 heteroatoms. The second kappa shape index (κ2) is 6.02. The van der Waals surface area contributed by atoms with Crippen molar-refractivity contribution < 1.29 is 0 Å². The molecule has 1 aromatic heterocycles. The Morgan fingerprint density at radius 3 is 2.70 bits per heavy atom. The quantitative estimate of drug-likeness (QED) is 0.875. The summed E-state index contributed by atoms with van der Waals surface area (Å²) in [7, 11) is 0. The van der Waals surface area contributed by atoms with Crippen molar-refractivity contribution in [2.45, 2.75) is 38.0 Å². The van der Waals surface area contributed by atoms with E-state index in [9.17, 15) is 0 Å². The van der Waals surface area contributed by atoms with Gasteiger partial charge in [-0.3, -0.25) is 0 Å². The summed E-state index contributed by atoms with van der Waals surface area (Å²) in [6.07, 6.45) is 6.47. The molecule has 0 spiro atoms. The summed E-state index contributed by atoms with van der Waals surface area (Å²) < 4.78 is 0. The molecule has 2 heterocycles. The highest BCUT2D eigenvalue weighted by molar-refractivity contribution is 7.17. The molecule has 0 aromatic carbocycles. The third kappa shape index (κ3) is 2.92. The summed E-state index contributed by atoms with van der Waals surface area (Å²) in [5.74, 6) is 0.589. The van der Waals surface area contributed by atoms with E-state index in [-0.39, 0.29) is 0 Å². The standard InChI is InChI=1S/C15H22N4S/c16-10-12-14(17)13(11-4-5-11)15(20-12)18-6-9-19-7-2-1-3-8-19/h11,18H,1-9,17H2. The molecule has 1 saturated carbocycles. The minimum Gasteiger partial charge on any atom is -0.397 e. The van der Waals surface area contributed by atoms with Gasteiger partial charge in [-0.2, -0.15) is 5.26 Å². The molecule has 0 bridgehead atoms. The Morgan fingerprint density at radius 2 is 2.05 bits per heavy atom. The Labute approximate surface area is 124 Å². The minimum absolute atomic E-state index is 0.589. The lowest BCUT2D eigenvalue weighted by Gasteiger charge is -2.26. The number of nitrogen functional groups attached to an aromatic ring is 1. The molecule has 0 atom stereocenters. The molecule has 2 aliphatic rings. The summed E-state index contributed by atoms with van der Waals surface area (Å²) in [6.45, 7) is 4.49. The summed E-state index contributed by atoms with van der Waals surface area (Å²) in [5, 5.41) is 13.8. The van der Waals surface area contributed by atoms with Gasteiger partial charge in [0.15, 0.2) is 0 Å². The number of thiophene rings is 1. The Kier molecular flexibility index (Phi) is 4.13. The normalized spacial score (nSPS) is 19.8. The lowest BCUT2D eigenvalue weighted by molar-refractivity contribution is 0.237. The fourth-order valence-corrected chi connectivity index (χ4v) is 3.99. The average molecular weight is 290 g/mol. The van der Waals surface area contributed by atoms with Crippen LogP contribution in [0.4, 0.5) is 10.7 Å². The van der Waals surface area contributed by atoms with Crippen molar-refractivity contribution in [3.63, 3.8) is 0 Å². The van der Waals surface area contributed by atoms with E-state index in [0.717, 1.165) is 23.8 Å². The van der Waals surface area contributed by atoms with Gasteiger partial charge >= 0.3 is 0 Å². The molecule has 2 fully saturated rings. The Bertz CT molecular complexity index is 507. The summed E-state index contributed by atoms with van der Waals surface area (Å²) >= 11 is 1.53. The number of likely N-dealkylation sites (tertiary alicyclic amines) is 1. The van der Waals surface area contributed by atoms with Crippen LogP contribution in [0.1, 0.15) is 48.5 Å². The van der Waals surface area contributed by atoms with Crippen molar-refractivity contribution in [3.05, 3.63) is 10.4 Å². The van der Waals surface area contributed by atoms with Crippen LogP contribution < -0.4 is 11.1 Å². The average Bonchev–Trinajstić information content (AvgIpc) is 3.25. The first-order chi connectivity index (χ1) is 9.79. The molecule has 0 unspecified atom stereocenters. The number of hydrogen-bond donors (Lipinski definition) is 2. The molecule has 20 heavy (non-hydrogen) atoms. The van der Waals surface area contributed by atoms with Crippen LogP contribution >= 0.6 is 11.3 Å². The fraction of sp³-hybridized carbons (Fsp3) is 0.667. The van der Waals surface area contributed by atoms with Gasteiger partial charge in [0.2, 0.25) is 0 Å². The van der Waals surface area contributed by atoms with Gasteiger partial charge in [-0.05, 0) is 44.7 Å². The number of nitriles is 1. The van der Waals surface area contributed by atoms with Gasteiger partial charge in [-0.1, -0.05) is 6.42 Å². The lowest BCUT2D eigenvalue weighted by Crippen LogP contribution is -2.33. The molecule has 3 rings (SSSR count). The maximum Gasteiger partial charge on any atom is 0.130 e. The zero-order valence-corrected chi connectivity index (χ0v) is 12.6. The number of nitrogens with one attached hydrogen (secondary N) is 1.